The smallest absolute Gasteiger partial charge is 0.157 e. The zero-order valence-corrected chi connectivity index (χ0v) is 17.0. The highest BCUT2D eigenvalue weighted by molar-refractivity contribution is 9.11. The molecule has 1 aromatic heterocycles. The summed E-state index contributed by atoms with van der Waals surface area (Å²) in [5, 5.41) is 7.82. The minimum atomic E-state index is 0.822. The van der Waals surface area contributed by atoms with E-state index in [0.29, 0.717) is 0 Å². The van der Waals surface area contributed by atoms with Crippen molar-refractivity contribution in [2.24, 2.45) is 9.98 Å². The number of halogens is 1. The van der Waals surface area contributed by atoms with Crippen LogP contribution in [-0.2, 0) is 6.42 Å². The molecule has 0 amide bonds. The Morgan fingerprint density at radius 2 is 2.16 bits per heavy atom. The summed E-state index contributed by atoms with van der Waals surface area (Å²) >= 11 is 3.31. The van der Waals surface area contributed by atoms with Crippen molar-refractivity contribution in [2.45, 2.75) is 46.0 Å². The fraction of sp³-hybridized carbons (Fsp3) is 0.526. The minimum absolute atomic E-state index is 0.822. The topological polar surface area (TPSA) is 54.6 Å². The van der Waals surface area contributed by atoms with Crippen LogP contribution in [0.3, 0.4) is 0 Å². The van der Waals surface area contributed by atoms with Crippen molar-refractivity contribution in [3.8, 4) is 0 Å². The van der Waals surface area contributed by atoms with E-state index in [4.69, 9.17) is 0 Å². The molecular weight excluding hydrogens is 378 g/mol. The number of nitrogens with zero attached hydrogens (tertiary/aromatic N) is 4. The molecule has 0 spiro atoms. The monoisotopic (exact) mass is 407 g/mol. The van der Waals surface area contributed by atoms with Crippen LogP contribution in [0, 0.1) is 0 Å². The minimum Gasteiger partial charge on any atom is -0.316 e. The number of aryl methyl sites for hydroxylation is 1. The van der Waals surface area contributed by atoms with Gasteiger partial charge >= 0.3 is 0 Å². The second-order valence-corrected chi connectivity index (χ2v) is 6.06. The highest BCUT2D eigenvalue weighted by Gasteiger charge is 2.07. The number of aliphatic imine (C=N–C) groups is 2. The first-order valence-electron chi connectivity index (χ1n) is 9.04. The third kappa shape index (κ3) is 9.51. The van der Waals surface area contributed by atoms with Crippen LogP contribution in [0.15, 0.2) is 33.3 Å². The molecule has 138 valence electrons. The van der Waals surface area contributed by atoms with E-state index in [1.165, 1.54) is 12.8 Å². The van der Waals surface area contributed by atoms with Gasteiger partial charge in [-0.1, -0.05) is 35.4 Å². The van der Waals surface area contributed by atoms with E-state index >= 15 is 0 Å². The molecule has 1 heterocycles. The van der Waals surface area contributed by atoms with Crippen molar-refractivity contribution < 1.29 is 0 Å². The Hall–Kier alpha value is -1.53. The Balaban J connectivity index is 2.57. The van der Waals surface area contributed by atoms with Crippen LogP contribution in [0.1, 0.15) is 45.1 Å². The molecular formula is C19H30BrN5. The normalized spacial score (nSPS) is 12.6. The van der Waals surface area contributed by atoms with Crippen molar-refractivity contribution >= 4 is 40.4 Å². The van der Waals surface area contributed by atoms with Crippen molar-refractivity contribution in [1.82, 2.24) is 15.1 Å². The van der Waals surface area contributed by atoms with Crippen LogP contribution in [0.25, 0.3) is 6.20 Å². The predicted molar refractivity (Wildman–Crippen MR) is 114 cm³/mol. The van der Waals surface area contributed by atoms with Gasteiger partial charge in [-0.25, -0.2) is 9.67 Å². The lowest BCUT2D eigenvalue weighted by molar-refractivity contribution is 0.652. The van der Waals surface area contributed by atoms with Gasteiger partial charge in [0.1, 0.15) is 0 Å². The van der Waals surface area contributed by atoms with Gasteiger partial charge in [0, 0.05) is 37.3 Å². The van der Waals surface area contributed by atoms with Crippen LogP contribution in [0.5, 0.6) is 0 Å². The zero-order chi connectivity index (χ0) is 18.2. The number of unbranched alkanes of at least 4 members (excludes halogenated alkanes) is 1. The number of allylic oxidation sites excluding steroid dienone is 2. The first-order valence-corrected chi connectivity index (χ1v) is 9.96. The summed E-state index contributed by atoms with van der Waals surface area (Å²) in [6.45, 7) is 7.09. The van der Waals surface area contributed by atoms with Crippen molar-refractivity contribution in [1.29, 1.82) is 0 Å². The van der Waals surface area contributed by atoms with E-state index in [1.54, 1.807) is 9.67 Å². The molecule has 0 fully saturated rings. The second kappa shape index (κ2) is 14.8. The van der Waals surface area contributed by atoms with Crippen LogP contribution in [0.4, 0.5) is 5.82 Å². The van der Waals surface area contributed by atoms with Crippen LogP contribution < -0.4 is 5.32 Å². The predicted octanol–water partition coefficient (Wildman–Crippen LogP) is 4.77. The van der Waals surface area contributed by atoms with E-state index in [1.807, 2.05) is 37.8 Å². The molecule has 1 rings (SSSR count). The maximum atomic E-state index is 4.64. The molecule has 25 heavy (non-hydrogen) atoms. The van der Waals surface area contributed by atoms with Crippen LogP contribution in [-0.4, -0.2) is 41.8 Å². The number of rotatable bonds is 13. The number of hydrogen-bond donors (Lipinski definition) is 1. The molecule has 1 N–H and O–H groups in total. The third-order valence-corrected chi connectivity index (χ3v) is 3.74. The largest absolute Gasteiger partial charge is 0.316 e. The second-order valence-electron chi connectivity index (χ2n) is 5.53. The quantitative estimate of drug-likeness (QED) is 0.378. The Kier molecular flexibility index (Phi) is 12.7. The molecule has 0 aliphatic carbocycles. The van der Waals surface area contributed by atoms with Gasteiger partial charge < -0.3 is 5.32 Å². The average Bonchev–Trinajstić information content (AvgIpc) is 2.99. The van der Waals surface area contributed by atoms with Gasteiger partial charge in [-0.05, 0) is 50.2 Å². The van der Waals surface area contributed by atoms with Crippen molar-refractivity contribution in [3.63, 3.8) is 0 Å². The summed E-state index contributed by atoms with van der Waals surface area (Å²) in [5.41, 5.74) is 1.15. The lowest BCUT2D eigenvalue weighted by atomic mass is 10.2. The molecule has 0 saturated heterocycles. The lowest BCUT2D eigenvalue weighted by Gasteiger charge is -2.02. The highest BCUT2D eigenvalue weighted by atomic mass is 79.9. The lowest BCUT2D eigenvalue weighted by Crippen LogP contribution is -2.16. The Bertz CT molecular complexity index is 572. The summed E-state index contributed by atoms with van der Waals surface area (Å²) in [6, 6.07) is 0. The van der Waals surface area contributed by atoms with E-state index in [9.17, 15) is 0 Å². The summed E-state index contributed by atoms with van der Waals surface area (Å²) in [7, 11) is 0. The van der Waals surface area contributed by atoms with Gasteiger partial charge in [0.15, 0.2) is 5.82 Å². The Labute approximate surface area is 160 Å². The summed E-state index contributed by atoms with van der Waals surface area (Å²) in [4.78, 5) is 10.6. The van der Waals surface area contributed by atoms with Gasteiger partial charge in [0.25, 0.3) is 0 Å². The van der Waals surface area contributed by atoms with Crippen LogP contribution >= 0.6 is 15.9 Å². The molecule has 0 saturated carbocycles. The first-order chi connectivity index (χ1) is 12.3. The first kappa shape index (κ1) is 21.5. The van der Waals surface area contributed by atoms with Gasteiger partial charge in [0.2, 0.25) is 0 Å². The molecule has 0 aliphatic rings. The summed E-state index contributed by atoms with van der Waals surface area (Å²) < 4.78 is 1.80. The zero-order valence-electron chi connectivity index (χ0n) is 15.4. The van der Waals surface area contributed by atoms with Crippen LogP contribution in [0.2, 0.25) is 0 Å². The Morgan fingerprint density at radius 3 is 2.92 bits per heavy atom. The van der Waals surface area contributed by atoms with Crippen molar-refractivity contribution in [2.75, 3.05) is 19.6 Å². The van der Waals surface area contributed by atoms with Gasteiger partial charge in [-0.3, -0.25) is 4.99 Å². The fourth-order valence-corrected chi connectivity index (χ4v) is 2.40. The number of nitrogens with one attached hydrogen (secondary N) is 1. The van der Waals surface area contributed by atoms with E-state index in [2.05, 4.69) is 49.3 Å². The maximum absolute atomic E-state index is 4.64. The summed E-state index contributed by atoms with van der Waals surface area (Å²) in [6.07, 6.45) is 16.9. The fourth-order valence-electron chi connectivity index (χ4n) is 2.18. The molecule has 0 bridgehead atoms. The van der Waals surface area contributed by atoms with Gasteiger partial charge in [-0.2, -0.15) is 5.10 Å². The molecule has 6 heteroatoms. The van der Waals surface area contributed by atoms with E-state index in [-0.39, 0.29) is 0 Å². The average molecular weight is 408 g/mol. The number of aromatic nitrogens is 2. The maximum Gasteiger partial charge on any atom is 0.157 e. The molecule has 1 aromatic rings. The molecule has 0 aromatic carbocycles. The molecule has 0 radical (unpaired) electrons. The summed E-state index contributed by atoms with van der Waals surface area (Å²) in [5.74, 6) is 0.903. The highest BCUT2D eigenvalue weighted by Crippen LogP contribution is 2.21. The molecule has 5 nitrogen and oxygen atoms in total. The van der Waals surface area contributed by atoms with E-state index < -0.39 is 0 Å². The standard InChI is InChI=1S/C19H30BrN5/c1-3-5-12-22-14-9-15-23-19-18(17-24-25(19)16-11-20)10-7-6-8-13-21-4-2/h6,8,11,13,15-17,22H,3-5,7,9-10,12,14H2,1-2H3/b8-6-,16-11+,21-13?,23-15+. The number of hydrogen-bond acceptors (Lipinski definition) is 4. The van der Waals surface area contributed by atoms with Gasteiger partial charge in [0.05, 0.1) is 6.20 Å². The van der Waals surface area contributed by atoms with E-state index in [0.717, 1.165) is 50.3 Å². The molecule has 0 atom stereocenters. The van der Waals surface area contributed by atoms with Gasteiger partial charge in [-0.15, -0.1) is 0 Å². The Morgan fingerprint density at radius 1 is 1.28 bits per heavy atom. The van der Waals surface area contributed by atoms with Crippen molar-refractivity contribution in [3.05, 3.63) is 28.9 Å². The third-order valence-electron chi connectivity index (χ3n) is 3.50. The molecule has 0 aliphatic heterocycles. The molecule has 0 unspecified atom stereocenters. The SMILES string of the molecule is CCCCNCC/C=N/c1c(CC/C=C\C=NCC)cnn1/C=C/Br.